The third kappa shape index (κ3) is 3.60. The van der Waals surface area contributed by atoms with Gasteiger partial charge in [0.25, 0.3) is 0 Å². The van der Waals surface area contributed by atoms with Gasteiger partial charge in [-0.2, -0.15) is 0 Å². The third-order valence-corrected chi connectivity index (χ3v) is 4.61. The normalized spacial score (nSPS) is 22.9. The highest BCUT2D eigenvalue weighted by Crippen LogP contribution is 2.20. The fourth-order valence-corrected chi connectivity index (χ4v) is 3.29. The number of likely N-dealkylation sites (N-methyl/N-ethyl adjacent to an activating group) is 2. The van der Waals surface area contributed by atoms with Crippen LogP contribution in [0, 0.1) is 6.92 Å². The summed E-state index contributed by atoms with van der Waals surface area (Å²) in [6.07, 6.45) is 0. The predicted molar refractivity (Wildman–Crippen MR) is 86.1 cm³/mol. The molecule has 1 N–H and O–H groups in total. The monoisotopic (exact) mass is 275 g/mol. The van der Waals surface area contributed by atoms with E-state index in [2.05, 4.69) is 67.2 Å². The van der Waals surface area contributed by atoms with Crippen LogP contribution in [0.5, 0.6) is 0 Å². The molecule has 3 nitrogen and oxygen atoms in total. The van der Waals surface area contributed by atoms with Gasteiger partial charge in [-0.05, 0) is 38.6 Å². The van der Waals surface area contributed by atoms with Crippen molar-refractivity contribution >= 4 is 0 Å². The van der Waals surface area contributed by atoms with Crippen LogP contribution in [0.15, 0.2) is 24.3 Å². The molecule has 0 aromatic heterocycles. The first kappa shape index (κ1) is 15.5. The van der Waals surface area contributed by atoms with Gasteiger partial charge in [0.2, 0.25) is 0 Å². The molecular weight excluding hydrogens is 246 g/mol. The number of nitrogens with one attached hydrogen (secondary N) is 1. The predicted octanol–water partition coefficient (Wildman–Crippen LogP) is 2.28. The molecule has 3 heteroatoms. The maximum absolute atomic E-state index is 3.49. The summed E-state index contributed by atoms with van der Waals surface area (Å²) in [7, 11) is 2.07. The number of rotatable bonds is 5. The molecule has 0 amide bonds. The molecule has 0 aliphatic carbocycles. The Morgan fingerprint density at radius 3 is 2.65 bits per heavy atom. The third-order valence-electron chi connectivity index (χ3n) is 4.61. The zero-order chi connectivity index (χ0) is 14.5. The van der Waals surface area contributed by atoms with Crippen LogP contribution >= 0.6 is 0 Å². The Bertz CT molecular complexity index is 418. The number of benzene rings is 1. The first-order valence-electron chi connectivity index (χ1n) is 7.84. The van der Waals surface area contributed by atoms with Crippen LogP contribution in [0.2, 0.25) is 0 Å². The standard InChI is InChI=1S/C17H29N3/c1-5-20-11-10-19(12-15(20)3)13-17(18-4)16-9-7-6-8-14(16)2/h6-9,15,17-18H,5,10-13H2,1-4H3. The van der Waals surface area contributed by atoms with Gasteiger partial charge in [0.1, 0.15) is 0 Å². The van der Waals surface area contributed by atoms with Crippen LogP contribution in [-0.4, -0.2) is 55.6 Å². The molecule has 0 saturated carbocycles. The van der Waals surface area contributed by atoms with E-state index in [9.17, 15) is 0 Å². The molecule has 1 aliphatic heterocycles. The molecule has 0 radical (unpaired) electrons. The summed E-state index contributed by atoms with van der Waals surface area (Å²) < 4.78 is 0. The second-order valence-electron chi connectivity index (χ2n) is 5.94. The highest BCUT2D eigenvalue weighted by atomic mass is 15.3. The van der Waals surface area contributed by atoms with Crippen molar-refractivity contribution in [2.24, 2.45) is 0 Å². The van der Waals surface area contributed by atoms with E-state index >= 15 is 0 Å². The van der Waals surface area contributed by atoms with Crippen LogP contribution < -0.4 is 5.32 Å². The lowest BCUT2D eigenvalue weighted by atomic mass is 10.0. The number of piperazine rings is 1. The summed E-state index contributed by atoms with van der Waals surface area (Å²) in [6.45, 7) is 12.6. The molecule has 2 rings (SSSR count). The molecule has 1 aromatic carbocycles. The van der Waals surface area contributed by atoms with Crippen LogP contribution in [-0.2, 0) is 0 Å². The van der Waals surface area contributed by atoms with E-state index < -0.39 is 0 Å². The van der Waals surface area contributed by atoms with Crippen LogP contribution in [0.4, 0.5) is 0 Å². The fourth-order valence-electron chi connectivity index (χ4n) is 3.29. The Morgan fingerprint density at radius 2 is 2.05 bits per heavy atom. The molecule has 112 valence electrons. The molecule has 1 saturated heterocycles. The van der Waals surface area contributed by atoms with Crippen molar-refractivity contribution in [3.8, 4) is 0 Å². The molecule has 2 atom stereocenters. The van der Waals surface area contributed by atoms with E-state index in [1.54, 1.807) is 0 Å². The van der Waals surface area contributed by atoms with E-state index in [-0.39, 0.29) is 0 Å². The Kier molecular flexibility index (Phi) is 5.58. The van der Waals surface area contributed by atoms with Crippen LogP contribution in [0.1, 0.15) is 31.0 Å². The lowest BCUT2D eigenvalue weighted by molar-refractivity contribution is 0.0818. The Labute approximate surface area is 124 Å². The average molecular weight is 275 g/mol. The zero-order valence-corrected chi connectivity index (χ0v) is 13.4. The summed E-state index contributed by atoms with van der Waals surface area (Å²) in [5.74, 6) is 0. The average Bonchev–Trinajstić information content (AvgIpc) is 2.46. The van der Waals surface area contributed by atoms with E-state index in [0.717, 1.165) is 6.54 Å². The van der Waals surface area contributed by atoms with E-state index in [1.807, 2.05) is 0 Å². The molecule has 1 aromatic rings. The minimum absolute atomic E-state index is 0.427. The van der Waals surface area contributed by atoms with Crippen molar-refractivity contribution in [2.75, 3.05) is 39.8 Å². The first-order valence-corrected chi connectivity index (χ1v) is 7.84. The topological polar surface area (TPSA) is 18.5 Å². The van der Waals surface area contributed by atoms with Crippen molar-refractivity contribution in [2.45, 2.75) is 32.9 Å². The lowest BCUT2D eigenvalue weighted by Gasteiger charge is -2.40. The minimum atomic E-state index is 0.427. The maximum Gasteiger partial charge on any atom is 0.0449 e. The Hall–Kier alpha value is -0.900. The molecule has 0 spiro atoms. The smallest absolute Gasteiger partial charge is 0.0449 e. The Morgan fingerprint density at radius 1 is 1.30 bits per heavy atom. The Balaban J connectivity index is 1.99. The van der Waals surface area contributed by atoms with Crippen molar-refractivity contribution in [3.05, 3.63) is 35.4 Å². The van der Waals surface area contributed by atoms with Crippen LogP contribution in [0.3, 0.4) is 0 Å². The number of hydrogen-bond acceptors (Lipinski definition) is 3. The summed E-state index contributed by atoms with van der Waals surface area (Å²) >= 11 is 0. The van der Waals surface area contributed by atoms with E-state index in [0.29, 0.717) is 12.1 Å². The van der Waals surface area contributed by atoms with Gasteiger partial charge in [-0.15, -0.1) is 0 Å². The number of aryl methyl sites for hydroxylation is 1. The molecule has 1 aliphatic rings. The van der Waals surface area contributed by atoms with Gasteiger partial charge in [-0.25, -0.2) is 0 Å². The first-order chi connectivity index (χ1) is 9.65. The van der Waals surface area contributed by atoms with Gasteiger partial charge in [0.15, 0.2) is 0 Å². The molecule has 20 heavy (non-hydrogen) atoms. The quantitative estimate of drug-likeness (QED) is 0.889. The van der Waals surface area contributed by atoms with Crippen molar-refractivity contribution in [3.63, 3.8) is 0 Å². The lowest BCUT2D eigenvalue weighted by Crippen LogP contribution is -2.53. The van der Waals surface area contributed by atoms with Crippen molar-refractivity contribution in [1.29, 1.82) is 0 Å². The second-order valence-corrected chi connectivity index (χ2v) is 5.94. The summed E-state index contributed by atoms with van der Waals surface area (Å²) in [6, 6.07) is 9.82. The van der Waals surface area contributed by atoms with Gasteiger partial charge in [-0.1, -0.05) is 31.2 Å². The highest BCUT2D eigenvalue weighted by Gasteiger charge is 2.24. The maximum atomic E-state index is 3.49. The fraction of sp³-hybridized carbons (Fsp3) is 0.647. The van der Waals surface area contributed by atoms with Gasteiger partial charge < -0.3 is 5.32 Å². The number of nitrogens with zero attached hydrogens (tertiary/aromatic N) is 2. The SMILES string of the molecule is CCN1CCN(CC(NC)c2ccccc2C)CC1C. The van der Waals surface area contributed by atoms with Gasteiger partial charge in [0, 0.05) is 38.3 Å². The molecular formula is C17H29N3. The summed E-state index contributed by atoms with van der Waals surface area (Å²) in [5, 5.41) is 3.49. The molecule has 1 heterocycles. The minimum Gasteiger partial charge on any atom is -0.312 e. The van der Waals surface area contributed by atoms with E-state index in [4.69, 9.17) is 0 Å². The highest BCUT2D eigenvalue weighted by molar-refractivity contribution is 5.29. The van der Waals surface area contributed by atoms with Gasteiger partial charge >= 0.3 is 0 Å². The molecule has 1 fully saturated rings. The zero-order valence-electron chi connectivity index (χ0n) is 13.4. The van der Waals surface area contributed by atoms with Gasteiger partial charge in [0.05, 0.1) is 0 Å². The number of hydrogen-bond donors (Lipinski definition) is 1. The largest absolute Gasteiger partial charge is 0.312 e. The van der Waals surface area contributed by atoms with Crippen LogP contribution in [0.25, 0.3) is 0 Å². The molecule has 2 unspecified atom stereocenters. The van der Waals surface area contributed by atoms with Crippen molar-refractivity contribution in [1.82, 2.24) is 15.1 Å². The molecule has 0 bridgehead atoms. The second kappa shape index (κ2) is 7.21. The van der Waals surface area contributed by atoms with E-state index in [1.165, 1.54) is 37.3 Å². The summed E-state index contributed by atoms with van der Waals surface area (Å²) in [5.41, 5.74) is 2.81. The summed E-state index contributed by atoms with van der Waals surface area (Å²) in [4.78, 5) is 5.17. The van der Waals surface area contributed by atoms with Gasteiger partial charge in [-0.3, -0.25) is 9.80 Å². The van der Waals surface area contributed by atoms with Crippen molar-refractivity contribution < 1.29 is 0 Å².